The van der Waals surface area contributed by atoms with Crippen molar-refractivity contribution in [1.29, 1.82) is 0 Å². The summed E-state index contributed by atoms with van der Waals surface area (Å²) in [5.74, 6) is 5.52. The molecular formula is C22H21FN2O2S. The molecule has 1 aromatic heterocycles. The van der Waals surface area contributed by atoms with Crippen LogP contribution in [0.3, 0.4) is 0 Å². The molecule has 2 aromatic carbocycles. The Morgan fingerprint density at radius 1 is 1.29 bits per heavy atom. The van der Waals surface area contributed by atoms with Crippen molar-refractivity contribution in [2.45, 2.75) is 32.7 Å². The van der Waals surface area contributed by atoms with Crippen molar-refractivity contribution in [3.63, 3.8) is 0 Å². The predicted molar refractivity (Wildman–Crippen MR) is 110 cm³/mol. The van der Waals surface area contributed by atoms with Crippen molar-refractivity contribution in [1.82, 2.24) is 10.3 Å². The third-order valence-electron chi connectivity index (χ3n) is 4.08. The fraction of sp³-hybridized carbons (Fsp3) is 0.273. The molecule has 0 atom stereocenters. The van der Waals surface area contributed by atoms with E-state index in [9.17, 15) is 9.18 Å². The van der Waals surface area contributed by atoms with Gasteiger partial charge < -0.3 is 10.1 Å². The average Bonchev–Trinajstić information content (AvgIpc) is 3.18. The maximum absolute atomic E-state index is 14.6. The lowest BCUT2D eigenvalue weighted by Crippen LogP contribution is -2.23. The summed E-state index contributed by atoms with van der Waals surface area (Å²) in [5, 5.41) is 2.76. The molecule has 0 spiro atoms. The van der Waals surface area contributed by atoms with Crippen molar-refractivity contribution in [2.24, 2.45) is 0 Å². The molecule has 0 aliphatic rings. The number of halogens is 1. The summed E-state index contributed by atoms with van der Waals surface area (Å²) >= 11 is 1.48. The number of unbranched alkanes of at least 4 members (excludes halogenated alkanes) is 1. The molecule has 3 rings (SSSR count). The number of nitrogens with one attached hydrogen (secondary N) is 1. The number of rotatable bonds is 7. The zero-order chi connectivity index (χ0) is 19.8. The smallest absolute Gasteiger partial charge is 0.251 e. The number of thiazole rings is 1. The number of carbonyl (C=O) groups is 1. The molecule has 6 heteroatoms. The van der Waals surface area contributed by atoms with Gasteiger partial charge >= 0.3 is 0 Å². The maximum atomic E-state index is 14.6. The highest BCUT2D eigenvalue weighted by Crippen LogP contribution is 2.22. The van der Waals surface area contributed by atoms with Crippen LogP contribution < -0.4 is 10.1 Å². The molecule has 0 saturated carbocycles. The second-order valence-corrected chi connectivity index (χ2v) is 6.99. The topological polar surface area (TPSA) is 51.2 Å². The summed E-state index contributed by atoms with van der Waals surface area (Å²) in [4.78, 5) is 16.6. The minimum atomic E-state index is -0.444. The van der Waals surface area contributed by atoms with Crippen molar-refractivity contribution < 1.29 is 13.9 Å². The van der Waals surface area contributed by atoms with E-state index in [0.29, 0.717) is 17.7 Å². The number of amides is 1. The SMILES string of the molecule is CCC#CCCCOc1cccc(CNC(=O)c2ccc3ncsc3c2)c1F. The third-order valence-corrected chi connectivity index (χ3v) is 4.87. The van der Waals surface area contributed by atoms with Crippen LogP contribution in [0.1, 0.15) is 42.1 Å². The zero-order valence-corrected chi connectivity index (χ0v) is 16.4. The first kappa shape index (κ1) is 19.8. The van der Waals surface area contributed by atoms with Gasteiger partial charge in [0.15, 0.2) is 11.6 Å². The number of hydrogen-bond donors (Lipinski definition) is 1. The van der Waals surface area contributed by atoms with Gasteiger partial charge in [0.1, 0.15) is 0 Å². The molecule has 0 fully saturated rings. The highest BCUT2D eigenvalue weighted by molar-refractivity contribution is 7.16. The van der Waals surface area contributed by atoms with E-state index in [1.54, 1.807) is 41.9 Å². The second kappa shape index (κ2) is 9.86. The Kier molecular flexibility index (Phi) is 6.99. The van der Waals surface area contributed by atoms with Gasteiger partial charge in [-0.3, -0.25) is 4.79 Å². The minimum absolute atomic E-state index is 0.0879. The van der Waals surface area contributed by atoms with Gasteiger partial charge in [-0.2, -0.15) is 0 Å². The van der Waals surface area contributed by atoms with Crippen molar-refractivity contribution in [3.05, 3.63) is 58.9 Å². The van der Waals surface area contributed by atoms with Crippen molar-refractivity contribution in [2.75, 3.05) is 6.61 Å². The Labute approximate surface area is 167 Å². The largest absolute Gasteiger partial charge is 0.490 e. The van der Waals surface area contributed by atoms with Gasteiger partial charge in [-0.05, 0) is 30.7 Å². The maximum Gasteiger partial charge on any atom is 0.251 e. The van der Waals surface area contributed by atoms with E-state index in [4.69, 9.17) is 4.74 Å². The van der Waals surface area contributed by atoms with Crippen LogP contribution >= 0.6 is 11.3 Å². The number of benzene rings is 2. The van der Waals surface area contributed by atoms with E-state index in [1.165, 1.54) is 11.3 Å². The molecule has 144 valence electrons. The minimum Gasteiger partial charge on any atom is -0.490 e. The van der Waals surface area contributed by atoms with E-state index in [0.717, 1.165) is 29.5 Å². The quantitative estimate of drug-likeness (QED) is 0.455. The Morgan fingerprint density at radius 3 is 3.04 bits per heavy atom. The molecule has 1 amide bonds. The number of hydrogen-bond acceptors (Lipinski definition) is 4. The molecule has 3 aromatic rings. The second-order valence-electron chi connectivity index (χ2n) is 6.11. The summed E-state index contributed by atoms with van der Waals surface area (Å²) in [6.45, 7) is 2.49. The first-order valence-corrected chi connectivity index (χ1v) is 10.0. The van der Waals surface area contributed by atoms with Crippen molar-refractivity contribution >= 4 is 27.5 Å². The van der Waals surface area contributed by atoms with Crippen LogP contribution in [0.15, 0.2) is 41.9 Å². The fourth-order valence-electron chi connectivity index (χ4n) is 2.63. The number of aromatic nitrogens is 1. The van der Waals surface area contributed by atoms with E-state index in [-0.39, 0.29) is 18.2 Å². The van der Waals surface area contributed by atoms with Crippen molar-refractivity contribution in [3.8, 4) is 17.6 Å². The lowest BCUT2D eigenvalue weighted by Gasteiger charge is -2.11. The summed E-state index contributed by atoms with van der Waals surface area (Å²) < 4.78 is 21.1. The first-order chi connectivity index (χ1) is 13.7. The van der Waals surface area contributed by atoms with E-state index in [2.05, 4.69) is 22.1 Å². The fourth-order valence-corrected chi connectivity index (χ4v) is 3.35. The van der Waals surface area contributed by atoms with Gasteiger partial charge in [0.25, 0.3) is 5.91 Å². The van der Waals surface area contributed by atoms with Crippen LogP contribution in [0.5, 0.6) is 5.75 Å². The molecule has 0 unspecified atom stereocenters. The summed E-state index contributed by atoms with van der Waals surface area (Å²) in [7, 11) is 0. The molecule has 1 heterocycles. The molecule has 0 radical (unpaired) electrons. The Hall–Kier alpha value is -2.91. The molecule has 0 saturated heterocycles. The monoisotopic (exact) mass is 396 g/mol. The van der Waals surface area contributed by atoms with Crippen LogP contribution in [0.2, 0.25) is 0 Å². The standard InChI is InChI=1S/C22H21FN2O2S/c1-2-3-4-5-6-12-27-19-9-7-8-17(21(19)23)14-24-22(26)16-10-11-18-20(13-16)28-15-25-18/h7-11,13,15H,2,5-6,12,14H2,1H3,(H,24,26). The molecule has 28 heavy (non-hydrogen) atoms. The van der Waals surface area contributed by atoms with E-state index >= 15 is 0 Å². The lowest BCUT2D eigenvalue weighted by molar-refractivity contribution is 0.0950. The molecule has 0 aliphatic carbocycles. The van der Waals surface area contributed by atoms with Crippen LogP contribution in [-0.2, 0) is 6.54 Å². The predicted octanol–water partition coefficient (Wildman–Crippen LogP) is 4.94. The lowest BCUT2D eigenvalue weighted by atomic mass is 10.1. The average molecular weight is 396 g/mol. The van der Waals surface area contributed by atoms with E-state index < -0.39 is 5.82 Å². The normalized spacial score (nSPS) is 10.4. The molecule has 1 N–H and O–H groups in total. The number of nitrogens with zero attached hydrogens (tertiary/aromatic N) is 1. The first-order valence-electron chi connectivity index (χ1n) is 9.16. The summed E-state index contributed by atoms with van der Waals surface area (Å²) in [5.41, 5.74) is 3.51. The highest BCUT2D eigenvalue weighted by atomic mass is 32.1. The molecule has 0 aliphatic heterocycles. The number of ether oxygens (including phenoxy) is 1. The molecule has 0 bridgehead atoms. The third kappa shape index (κ3) is 5.08. The Bertz CT molecular complexity index is 1020. The molecular weight excluding hydrogens is 375 g/mol. The Balaban J connectivity index is 1.57. The van der Waals surface area contributed by atoms with Crippen LogP contribution in [0, 0.1) is 17.7 Å². The van der Waals surface area contributed by atoms with Crippen LogP contribution in [-0.4, -0.2) is 17.5 Å². The van der Waals surface area contributed by atoms with Gasteiger partial charge in [-0.15, -0.1) is 23.2 Å². The summed E-state index contributed by atoms with van der Waals surface area (Å²) in [6, 6.07) is 10.3. The van der Waals surface area contributed by atoms with E-state index in [1.807, 2.05) is 6.92 Å². The van der Waals surface area contributed by atoms with Gasteiger partial charge in [0.2, 0.25) is 0 Å². The highest BCUT2D eigenvalue weighted by Gasteiger charge is 2.12. The van der Waals surface area contributed by atoms with Gasteiger partial charge in [-0.25, -0.2) is 9.37 Å². The number of fused-ring (bicyclic) bond motifs is 1. The van der Waals surface area contributed by atoms with Crippen LogP contribution in [0.4, 0.5) is 4.39 Å². The molecule has 4 nitrogen and oxygen atoms in total. The van der Waals surface area contributed by atoms with Gasteiger partial charge in [0, 0.05) is 30.5 Å². The summed E-state index contributed by atoms with van der Waals surface area (Å²) in [6.07, 6.45) is 2.31. The Morgan fingerprint density at radius 2 is 2.18 bits per heavy atom. The van der Waals surface area contributed by atoms with Gasteiger partial charge in [0.05, 0.1) is 22.3 Å². The number of carbonyl (C=O) groups excluding carboxylic acids is 1. The van der Waals surface area contributed by atoms with Crippen LogP contribution in [0.25, 0.3) is 10.2 Å². The van der Waals surface area contributed by atoms with Gasteiger partial charge in [-0.1, -0.05) is 19.1 Å². The zero-order valence-electron chi connectivity index (χ0n) is 15.6.